The van der Waals surface area contributed by atoms with E-state index in [1.165, 1.54) is 12.8 Å². The summed E-state index contributed by atoms with van der Waals surface area (Å²) in [5.74, 6) is 1.54. The Labute approximate surface area is 187 Å². The minimum Gasteiger partial charge on any atom is -0.379 e. The van der Waals surface area contributed by atoms with E-state index < -0.39 is 0 Å². The van der Waals surface area contributed by atoms with E-state index in [-0.39, 0.29) is 24.0 Å². The van der Waals surface area contributed by atoms with Crippen molar-refractivity contribution in [2.24, 2.45) is 10.9 Å². The second-order valence-corrected chi connectivity index (χ2v) is 7.14. The summed E-state index contributed by atoms with van der Waals surface area (Å²) in [4.78, 5) is 11.9. The number of pyridine rings is 1. The minimum absolute atomic E-state index is 0. The molecule has 1 aromatic heterocycles. The van der Waals surface area contributed by atoms with Gasteiger partial charge in [-0.15, -0.1) is 24.0 Å². The van der Waals surface area contributed by atoms with Gasteiger partial charge in [0.05, 0.1) is 25.5 Å². The molecule has 28 heavy (non-hydrogen) atoms. The first-order valence-electron chi connectivity index (χ1n) is 10.4. The Morgan fingerprint density at radius 2 is 1.89 bits per heavy atom. The van der Waals surface area contributed by atoms with Crippen LogP contribution >= 0.6 is 24.0 Å². The van der Waals surface area contributed by atoms with Crippen molar-refractivity contribution in [3.05, 3.63) is 29.6 Å². The van der Waals surface area contributed by atoms with E-state index in [4.69, 9.17) is 9.73 Å². The molecule has 160 valence electrons. The average molecular weight is 503 g/mol. The van der Waals surface area contributed by atoms with Crippen LogP contribution in [0, 0.1) is 12.8 Å². The van der Waals surface area contributed by atoms with E-state index in [2.05, 4.69) is 41.3 Å². The van der Waals surface area contributed by atoms with Gasteiger partial charge in [-0.25, -0.2) is 4.99 Å². The van der Waals surface area contributed by atoms with Crippen LogP contribution in [-0.2, 0) is 11.3 Å². The van der Waals surface area contributed by atoms with Crippen LogP contribution < -0.4 is 10.6 Å². The Morgan fingerprint density at radius 1 is 1.18 bits per heavy atom. The third kappa shape index (κ3) is 8.21. The minimum atomic E-state index is 0. The van der Waals surface area contributed by atoms with E-state index in [0.717, 1.165) is 56.7 Å². The lowest BCUT2D eigenvalue weighted by molar-refractivity contribution is 0.00272. The van der Waals surface area contributed by atoms with Crippen LogP contribution in [0.4, 0.5) is 0 Å². The molecule has 1 saturated heterocycles. The summed E-state index contributed by atoms with van der Waals surface area (Å²) in [6, 6.07) is 6.58. The molecular weight excluding hydrogens is 465 g/mol. The summed E-state index contributed by atoms with van der Waals surface area (Å²) in [5, 5.41) is 6.95. The zero-order valence-corrected chi connectivity index (χ0v) is 20.2. The standard InChI is InChI=1S/C21H37N5O.HI/c1-5-18(6-2)20(26-11-13-27-14-12-26)16-24-21(22-7-3)23-15-19-10-8-9-17(4)25-19;/h8-10,18,20H,5-7,11-16H2,1-4H3,(H2,22,23,24);1H. The van der Waals surface area contributed by atoms with Gasteiger partial charge in [0.2, 0.25) is 0 Å². The van der Waals surface area contributed by atoms with E-state index in [1.807, 2.05) is 25.1 Å². The highest BCUT2D eigenvalue weighted by atomic mass is 127. The molecule has 1 unspecified atom stereocenters. The molecule has 0 saturated carbocycles. The Morgan fingerprint density at radius 3 is 2.50 bits per heavy atom. The van der Waals surface area contributed by atoms with Gasteiger partial charge in [-0.2, -0.15) is 0 Å². The lowest BCUT2D eigenvalue weighted by Gasteiger charge is -2.39. The van der Waals surface area contributed by atoms with E-state index >= 15 is 0 Å². The van der Waals surface area contributed by atoms with E-state index in [9.17, 15) is 0 Å². The molecule has 0 aliphatic carbocycles. The summed E-state index contributed by atoms with van der Waals surface area (Å²) in [6.45, 7) is 14.8. The van der Waals surface area contributed by atoms with Gasteiger partial charge in [-0.1, -0.05) is 32.8 Å². The van der Waals surface area contributed by atoms with Crippen molar-refractivity contribution in [1.29, 1.82) is 0 Å². The molecule has 1 fully saturated rings. The summed E-state index contributed by atoms with van der Waals surface area (Å²) in [6.07, 6.45) is 2.39. The molecular formula is C21H38IN5O. The fourth-order valence-electron chi connectivity index (χ4n) is 3.73. The first kappa shape index (κ1) is 25.1. The fourth-order valence-corrected chi connectivity index (χ4v) is 3.73. The van der Waals surface area contributed by atoms with Gasteiger partial charge >= 0.3 is 0 Å². The molecule has 1 aliphatic heterocycles. The fraction of sp³-hybridized carbons (Fsp3) is 0.714. The highest BCUT2D eigenvalue weighted by Gasteiger charge is 2.26. The van der Waals surface area contributed by atoms with Gasteiger partial charge in [-0.05, 0) is 31.9 Å². The number of guanidine groups is 1. The number of hydrogen-bond donors (Lipinski definition) is 2. The van der Waals surface area contributed by atoms with Gasteiger partial charge in [0.1, 0.15) is 0 Å². The first-order chi connectivity index (χ1) is 13.2. The number of hydrogen-bond acceptors (Lipinski definition) is 4. The number of halogens is 1. The van der Waals surface area contributed by atoms with Crippen LogP contribution in [0.5, 0.6) is 0 Å². The molecule has 0 aromatic carbocycles. The number of ether oxygens (including phenoxy) is 1. The van der Waals surface area contributed by atoms with Crippen molar-refractivity contribution in [3.63, 3.8) is 0 Å². The maximum absolute atomic E-state index is 5.55. The predicted molar refractivity (Wildman–Crippen MR) is 127 cm³/mol. The lowest BCUT2D eigenvalue weighted by Crippen LogP contribution is -2.53. The summed E-state index contributed by atoms with van der Waals surface area (Å²) < 4.78 is 5.55. The highest BCUT2D eigenvalue weighted by Crippen LogP contribution is 2.19. The van der Waals surface area contributed by atoms with Crippen LogP contribution in [0.2, 0.25) is 0 Å². The SMILES string of the molecule is CCNC(=NCc1cccc(C)n1)NCC(C(CC)CC)N1CCOCC1.I. The quantitative estimate of drug-likeness (QED) is 0.308. The molecule has 0 amide bonds. The highest BCUT2D eigenvalue weighted by molar-refractivity contribution is 14.0. The average Bonchev–Trinajstić information content (AvgIpc) is 2.70. The molecule has 1 aromatic rings. The molecule has 6 nitrogen and oxygen atoms in total. The number of aromatic nitrogens is 1. The molecule has 0 radical (unpaired) electrons. The van der Waals surface area contributed by atoms with Crippen molar-refractivity contribution in [2.45, 2.75) is 53.1 Å². The zero-order chi connectivity index (χ0) is 19.5. The van der Waals surface area contributed by atoms with Crippen molar-refractivity contribution in [3.8, 4) is 0 Å². The topological polar surface area (TPSA) is 61.8 Å². The molecule has 0 bridgehead atoms. The Bertz CT molecular complexity index is 574. The summed E-state index contributed by atoms with van der Waals surface area (Å²) in [5.41, 5.74) is 2.03. The second kappa shape index (κ2) is 14.1. The number of rotatable bonds is 9. The van der Waals surface area contributed by atoms with Crippen LogP contribution in [0.1, 0.15) is 45.0 Å². The van der Waals surface area contributed by atoms with Crippen molar-refractivity contribution in [2.75, 3.05) is 39.4 Å². The van der Waals surface area contributed by atoms with Crippen LogP contribution in [0.25, 0.3) is 0 Å². The van der Waals surface area contributed by atoms with Crippen molar-refractivity contribution < 1.29 is 4.74 Å². The molecule has 1 atom stereocenters. The lowest BCUT2D eigenvalue weighted by atomic mass is 9.92. The number of nitrogens with zero attached hydrogens (tertiary/aromatic N) is 3. The smallest absolute Gasteiger partial charge is 0.191 e. The second-order valence-electron chi connectivity index (χ2n) is 7.14. The molecule has 2 rings (SSSR count). The van der Waals surface area contributed by atoms with Gasteiger partial charge in [-0.3, -0.25) is 9.88 Å². The molecule has 2 N–H and O–H groups in total. The third-order valence-corrected chi connectivity index (χ3v) is 5.28. The normalized spacial score (nSPS) is 16.5. The number of aliphatic imine (C=N–C) groups is 1. The molecule has 7 heteroatoms. The third-order valence-electron chi connectivity index (χ3n) is 5.28. The van der Waals surface area contributed by atoms with Crippen LogP contribution in [0.3, 0.4) is 0 Å². The van der Waals surface area contributed by atoms with Gasteiger partial charge in [0.25, 0.3) is 0 Å². The maximum Gasteiger partial charge on any atom is 0.191 e. The predicted octanol–water partition coefficient (Wildman–Crippen LogP) is 3.20. The van der Waals surface area contributed by atoms with E-state index in [1.54, 1.807) is 0 Å². The van der Waals surface area contributed by atoms with Gasteiger partial charge < -0.3 is 15.4 Å². The number of morpholine rings is 1. The molecule has 0 spiro atoms. The monoisotopic (exact) mass is 503 g/mol. The first-order valence-corrected chi connectivity index (χ1v) is 10.4. The zero-order valence-electron chi connectivity index (χ0n) is 17.9. The molecule has 1 aliphatic rings. The van der Waals surface area contributed by atoms with Crippen LogP contribution in [-0.4, -0.2) is 61.3 Å². The van der Waals surface area contributed by atoms with Crippen molar-refractivity contribution in [1.82, 2.24) is 20.5 Å². The van der Waals surface area contributed by atoms with Gasteiger partial charge in [0, 0.05) is 37.9 Å². The summed E-state index contributed by atoms with van der Waals surface area (Å²) >= 11 is 0. The summed E-state index contributed by atoms with van der Waals surface area (Å²) in [7, 11) is 0. The number of aryl methyl sites for hydroxylation is 1. The van der Waals surface area contributed by atoms with E-state index in [0.29, 0.717) is 18.5 Å². The Balaban J connectivity index is 0.00000392. The van der Waals surface area contributed by atoms with Crippen LogP contribution in [0.15, 0.2) is 23.2 Å². The van der Waals surface area contributed by atoms with Gasteiger partial charge in [0.15, 0.2) is 5.96 Å². The molecule has 2 heterocycles. The largest absolute Gasteiger partial charge is 0.379 e. The maximum atomic E-state index is 5.55. The van der Waals surface area contributed by atoms with Crippen molar-refractivity contribution >= 4 is 29.9 Å². The number of nitrogens with one attached hydrogen (secondary N) is 2. The Kier molecular flexibility index (Phi) is 12.7. The Hall–Kier alpha value is -0.930.